The Balaban J connectivity index is 2.02. The van der Waals surface area contributed by atoms with Gasteiger partial charge in [0, 0.05) is 18.5 Å². The highest BCUT2D eigenvalue weighted by molar-refractivity contribution is 8.00. The van der Waals surface area contributed by atoms with Gasteiger partial charge in [0.15, 0.2) is 0 Å². The zero-order valence-corrected chi connectivity index (χ0v) is 13.8. The summed E-state index contributed by atoms with van der Waals surface area (Å²) in [5, 5.41) is 0. The standard InChI is InChI=1S/C17H24N2O2S/c1-2-14(13-7-4-3-5-8-13)15-9-6-10-19(15)17(21)12-22-11-16(18)20/h3-5,7-8,14-15H,2,6,9-12H2,1H3,(H2,18,20)/t14-,15-/m1/s1. The fourth-order valence-electron chi connectivity index (χ4n) is 3.27. The average molecular weight is 320 g/mol. The molecule has 2 rings (SSSR count). The van der Waals surface area contributed by atoms with Gasteiger partial charge in [0.2, 0.25) is 11.8 Å². The summed E-state index contributed by atoms with van der Waals surface area (Å²) in [6.45, 7) is 3.00. The summed E-state index contributed by atoms with van der Waals surface area (Å²) in [6, 6.07) is 10.7. The van der Waals surface area contributed by atoms with Crippen LogP contribution in [0, 0.1) is 0 Å². The molecular weight excluding hydrogens is 296 g/mol. The van der Waals surface area contributed by atoms with Crippen molar-refractivity contribution in [1.29, 1.82) is 0 Å². The Morgan fingerprint density at radius 2 is 2.05 bits per heavy atom. The Morgan fingerprint density at radius 1 is 1.32 bits per heavy atom. The smallest absolute Gasteiger partial charge is 0.232 e. The lowest BCUT2D eigenvalue weighted by Crippen LogP contribution is -2.40. The maximum atomic E-state index is 12.4. The third-order valence-electron chi connectivity index (χ3n) is 4.22. The summed E-state index contributed by atoms with van der Waals surface area (Å²) in [4.78, 5) is 25.2. The minimum atomic E-state index is -0.369. The van der Waals surface area contributed by atoms with Crippen LogP contribution in [0.15, 0.2) is 30.3 Å². The van der Waals surface area contributed by atoms with E-state index in [1.807, 2.05) is 11.0 Å². The second kappa shape index (κ2) is 8.22. The van der Waals surface area contributed by atoms with Crippen LogP contribution in [0.4, 0.5) is 0 Å². The first-order chi connectivity index (χ1) is 10.6. The molecule has 1 heterocycles. The molecule has 1 aliphatic rings. The van der Waals surface area contributed by atoms with Crippen LogP contribution in [-0.4, -0.2) is 40.8 Å². The van der Waals surface area contributed by atoms with Crippen LogP contribution in [0.1, 0.15) is 37.7 Å². The molecule has 0 unspecified atom stereocenters. The number of hydrogen-bond donors (Lipinski definition) is 1. The predicted octanol–water partition coefficient (Wildman–Crippen LogP) is 2.39. The molecule has 5 heteroatoms. The fourth-order valence-corrected chi connectivity index (χ4v) is 3.92. The Hall–Kier alpha value is -1.49. The number of rotatable bonds is 7. The molecule has 0 aliphatic carbocycles. The van der Waals surface area contributed by atoms with E-state index in [4.69, 9.17) is 5.73 Å². The number of hydrogen-bond acceptors (Lipinski definition) is 3. The van der Waals surface area contributed by atoms with Crippen LogP contribution in [-0.2, 0) is 9.59 Å². The first kappa shape index (κ1) is 16.9. The number of nitrogens with two attached hydrogens (primary N) is 1. The molecule has 2 amide bonds. The summed E-state index contributed by atoms with van der Waals surface area (Å²) in [6.07, 6.45) is 3.13. The Morgan fingerprint density at radius 3 is 2.68 bits per heavy atom. The van der Waals surface area contributed by atoms with Gasteiger partial charge in [0.25, 0.3) is 0 Å². The number of nitrogens with zero attached hydrogens (tertiary/aromatic N) is 1. The molecule has 2 atom stereocenters. The van der Waals surface area contributed by atoms with Gasteiger partial charge >= 0.3 is 0 Å². The van der Waals surface area contributed by atoms with Crippen LogP contribution in [0.25, 0.3) is 0 Å². The van der Waals surface area contributed by atoms with Crippen molar-refractivity contribution in [1.82, 2.24) is 4.90 Å². The summed E-state index contributed by atoms with van der Waals surface area (Å²) in [5.41, 5.74) is 6.43. The lowest BCUT2D eigenvalue weighted by molar-refractivity contribution is -0.129. The van der Waals surface area contributed by atoms with E-state index in [0.29, 0.717) is 11.7 Å². The van der Waals surface area contributed by atoms with Crippen molar-refractivity contribution in [3.05, 3.63) is 35.9 Å². The van der Waals surface area contributed by atoms with E-state index in [1.54, 1.807) is 0 Å². The van der Waals surface area contributed by atoms with Gasteiger partial charge in [-0.1, -0.05) is 37.3 Å². The number of likely N-dealkylation sites (tertiary alicyclic amines) is 1. The number of thioether (sulfide) groups is 1. The first-order valence-electron chi connectivity index (χ1n) is 7.84. The molecule has 2 N–H and O–H groups in total. The molecule has 0 aromatic heterocycles. The highest BCUT2D eigenvalue weighted by Crippen LogP contribution is 2.33. The molecule has 22 heavy (non-hydrogen) atoms. The highest BCUT2D eigenvalue weighted by Gasteiger charge is 2.34. The van der Waals surface area contributed by atoms with Crippen LogP contribution < -0.4 is 5.73 Å². The van der Waals surface area contributed by atoms with Crippen molar-refractivity contribution in [3.63, 3.8) is 0 Å². The zero-order valence-electron chi connectivity index (χ0n) is 13.0. The van der Waals surface area contributed by atoms with E-state index in [1.165, 1.54) is 17.3 Å². The largest absolute Gasteiger partial charge is 0.369 e. The molecular formula is C17H24N2O2S. The quantitative estimate of drug-likeness (QED) is 0.839. The van der Waals surface area contributed by atoms with E-state index in [0.717, 1.165) is 25.8 Å². The maximum Gasteiger partial charge on any atom is 0.232 e. The van der Waals surface area contributed by atoms with Gasteiger partial charge in [0.05, 0.1) is 11.5 Å². The molecule has 0 saturated carbocycles. The van der Waals surface area contributed by atoms with E-state index in [-0.39, 0.29) is 23.6 Å². The van der Waals surface area contributed by atoms with Crippen molar-refractivity contribution < 1.29 is 9.59 Å². The van der Waals surface area contributed by atoms with Crippen molar-refractivity contribution >= 4 is 23.6 Å². The van der Waals surface area contributed by atoms with E-state index in [2.05, 4.69) is 31.2 Å². The van der Waals surface area contributed by atoms with Crippen LogP contribution in [0.5, 0.6) is 0 Å². The second-order valence-electron chi connectivity index (χ2n) is 5.68. The summed E-state index contributed by atoms with van der Waals surface area (Å²) >= 11 is 1.31. The highest BCUT2D eigenvalue weighted by atomic mass is 32.2. The number of carbonyl (C=O) groups is 2. The third-order valence-corrected chi connectivity index (χ3v) is 5.16. The fraction of sp³-hybridized carbons (Fsp3) is 0.529. The average Bonchev–Trinajstić information content (AvgIpc) is 2.98. The molecule has 4 nitrogen and oxygen atoms in total. The van der Waals surface area contributed by atoms with Crippen LogP contribution >= 0.6 is 11.8 Å². The van der Waals surface area contributed by atoms with Gasteiger partial charge in [0.1, 0.15) is 0 Å². The lowest BCUT2D eigenvalue weighted by atomic mass is 9.87. The van der Waals surface area contributed by atoms with Crippen LogP contribution in [0.2, 0.25) is 0 Å². The van der Waals surface area contributed by atoms with Crippen molar-refractivity contribution in [2.75, 3.05) is 18.1 Å². The number of carbonyl (C=O) groups excluding carboxylic acids is 2. The zero-order chi connectivity index (χ0) is 15.9. The van der Waals surface area contributed by atoms with Gasteiger partial charge < -0.3 is 10.6 Å². The minimum Gasteiger partial charge on any atom is -0.369 e. The Kier molecular flexibility index (Phi) is 6.31. The number of primary amides is 1. The molecule has 120 valence electrons. The first-order valence-corrected chi connectivity index (χ1v) is 8.99. The van der Waals surface area contributed by atoms with E-state index in [9.17, 15) is 9.59 Å². The lowest BCUT2D eigenvalue weighted by Gasteiger charge is -2.31. The van der Waals surface area contributed by atoms with Gasteiger partial charge in [-0.05, 0) is 24.8 Å². The van der Waals surface area contributed by atoms with Gasteiger partial charge in [-0.2, -0.15) is 0 Å². The van der Waals surface area contributed by atoms with E-state index < -0.39 is 0 Å². The molecule has 0 bridgehead atoms. The molecule has 1 saturated heterocycles. The molecule has 1 aromatic rings. The molecule has 1 fully saturated rings. The van der Waals surface area contributed by atoms with Crippen molar-refractivity contribution in [3.8, 4) is 0 Å². The molecule has 0 spiro atoms. The minimum absolute atomic E-state index is 0.128. The summed E-state index contributed by atoms with van der Waals surface area (Å²) in [5.74, 6) is 0.688. The molecule has 0 radical (unpaired) electrons. The normalized spacial score (nSPS) is 19.1. The number of benzene rings is 1. The van der Waals surface area contributed by atoms with Crippen molar-refractivity contribution in [2.24, 2.45) is 5.73 Å². The molecule has 1 aliphatic heterocycles. The maximum absolute atomic E-state index is 12.4. The SMILES string of the molecule is CC[C@H](c1ccccc1)[C@H]1CCCN1C(=O)CSCC(N)=O. The van der Waals surface area contributed by atoms with Gasteiger partial charge in [-0.3, -0.25) is 9.59 Å². The Bertz CT molecular complexity index is 507. The monoisotopic (exact) mass is 320 g/mol. The van der Waals surface area contributed by atoms with Gasteiger partial charge in [-0.15, -0.1) is 11.8 Å². The molecule has 1 aromatic carbocycles. The predicted molar refractivity (Wildman–Crippen MR) is 90.7 cm³/mol. The Labute approximate surface area is 136 Å². The summed E-state index contributed by atoms with van der Waals surface area (Å²) in [7, 11) is 0. The van der Waals surface area contributed by atoms with Crippen LogP contribution in [0.3, 0.4) is 0 Å². The van der Waals surface area contributed by atoms with Crippen molar-refractivity contribution in [2.45, 2.75) is 38.1 Å². The van der Waals surface area contributed by atoms with E-state index >= 15 is 0 Å². The third kappa shape index (κ3) is 4.26. The van der Waals surface area contributed by atoms with Gasteiger partial charge in [-0.25, -0.2) is 0 Å². The number of amides is 2. The topological polar surface area (TPSA) is 63.4 Å². The second-order valence-corrected chi connectivity index (χ2v) is 6.67. The summed E-state index contributed by atoms with van der Waals surface area (Å²) < 4.78 is 0.